The van der Waals surface area contributed by atoms with Crippen molar-refractivity contribution in [3.63, 3.8) is 0 Å². The SMILES string of the molecule is COc1ccnc(OC)c1C(C)(C)C#N. The van der Waals surface area contributed by atoms with Crippen LogP contribution in [0.4, 0.5) is 0 Å². The summed E-state index contributed by atoms with van der Waals surface area (Å²) in [5.74, 6) is 1.05. The van der Waals surface area contributed by atoms with Gasteiger partial charge in [0, 0.05) is 6.20 Å². The molecule has 0 saturated carbocycles. The van der Waals surface area contributed by atoms with Crippen LogP contribution in [0.5, 0.6) is 11.6 Å². The lowest BCUT2D eigenvalue weighted by atomic mass is 9.86. The number of hydrogen-bond donors (Lipinski definition) is 0. The van der Waals surface area contributed by atoms with Gasteiger partial charge in [-0.2, -0.15) is 5.26 Å². The minimum absolute atomic E-state index is 0.431. The van der Waals surface area contributed by atoms with Crippen molar-refractivity contribution in [3.8, 4) is 17.7 Å². The van der Waals surface area contributed by atoms with Crippen LogP contribution in [-0.2, 0) is 5.41 Å². The summed E-state index contributed by atoms with van der Waals surface area (Å²) < 4.78 is 10.3. The van der Waals surface area contributed by atoms with E-state index >= 15 is 0 Å². The Kier molecular flexibility index (Phi) is 3.15. The van der Waals surface area contributed by atoms with E-state index in [4.69, 9.17) is 14.7 Å². The van der Waals surface area contributed by atoms with Crippen molar-refractivity contribution in [2.45, 2.75) is 19.3 Å². The third-order valence-electron chi connectivity index (χ3n) is 2.20. The molecule has 0 amide bonds. The van der Waals surface area contributed by atoms with Crippen LogP contribution in [0.15, 0.2) is 12.3 Å². The van der Waals surface area contributed by atoms with Gasteiger partial charge in [-0.15, -0.1) is 0 Å². The summed E-state index contributed by atoms with van der Waals surface area (Å²) >= 11 is 0. The zero-order valence-electron chi connectivity index (χ0n) is 9.37. The maximum Gasteiger partial charge on any atom is 0.221 e. The molecule has 1 aromatic rings. The van der Waals surface area contributed by atoms with Gasteiger partial charge in [-0.25, -0.2) is 4.98 Å². The molecule has 0 aromatic carbocycles. The first kappa shape index (κ1) is 11.3. The Labute approximate surface area is 89.5 Å². The van der Waals surface area contributed by atoms with Crippen molar-refractivity contribution in [2.75, 3.05) is 14.2 Å². The highest BCUT2D eigenvalue weighted by Crippen LogP contribution is 2.36. The zero-order chi connectivity index (χ0) is 11.5. The first-order chi connectivity index (χ1) is 7.06. The summed E-state index contributed by atoms with van der Waals surface area (Å²) in [6.45, 7) is 3.60. The Morgan fingerprint density at radius 1 is 1.33 bits per heavy atom. The van der Waals surface area contributed by atoms with Crippen LogP contribution in [0.1, 0.15) is 19.4 Å². The number of hydrogen-bond acceptors (Lipinski definition) is 4. The van der Waals surface area contributed by atoms with Crippen molar-refractivity contribution in [1.29, 1.82) is 5.26 Å². The quantitative estimate of drug-likeness (QED) is 0.757. The molecule has 4 nitrogen and oxygen atoms in total. The lowest BCUT2D eigenvalue weighted by molar-refractivity contribution is 0.363. The standard InChI is InChI=1S/C11H14N2O2/c1-11(2,7-12)9-8(14-3)5-6-13-10(9)15-4/h5-6H,1-4H3. The van der Waals surface area contributed by atoms with Gasteiger partial charge in [-0.05, 0) is 19.9 Å². The van der Waals surface area contributed by atoms with Gasteiger partial charge in [-0.1, -0.05) is 0 Å². The van der Waals surface area contributed by atoms with Gasteiger partial charge in [0.2, 0.25) is 5.88 Å². The molecule has 4 heteroatoms. The lowest BCUT2D eigenvalue weighted by Gasteiger charge is -2.20. The van der Waals surface area contributed by atoms with E-state index in [-0.39, 0.29) is 0 Å². The summed E-state index contributed by atoms with van der Waals surface area (Å²) in [4.78, 5) is 4.07. The van der Waals surface area contributed by atoms with Gasteiger partial charge in [0.15, 0.2) is 0 Å². The lowest BCUT2D eigenvalue weighted by Crippen LogP contribution is -2.17. The number of methoxy groups -OCH3 is 2. The molecule has 0 N–H and O–H groups in total. The number of nitrogens with zero attached hydrogens (tertiary/aromatic N) is 2. The summed E-state index contributed by atoms with van der Waals surface area (Å²) in [5.41, 5.74) is -0.0113. The fraction of sp³-hybridized carbons (Fsp3) is 0.455. The van der Waals surface area contributed by atoms with Crippen molar-refractivity contribution in [3.05, 3.63) is 17.8 Å². The van der Waals surface area contributed by atoms with Crippen LogP contribution >= 0.6 is 0 Å². The molecule has 0 fully saturated rings. The maximum absolute atomic E-state index is 9.10. The van der Waals surface area contributed by atoms with E-state index in [0.29, 0.717) is 17.2 Å². The highest BCUT2D eigenvalue weighted by molar-refractivity contribution is 5.48. The predicted molar refractivity (Wildman–Crippen MR) is 56.0 cm³/mol. The van der Waals surface area contributed by atoms with Gasteiger partial charge in [-0.3, -0.25) is 0 Å². The molecule has 0 aliphatic carbocycles. The molecule has 1 rings (SSSR count). The van der Waals surface area contributed by atoms with Crippen LogP contribution < -0.4 is 9.47 Å². The molecule has 0 bridgehead atoms. The number of aromatic nitrogens is 1. The minimum atomic E-state index is -0.690. The molecule has 1 aromatic heterocycles. The first-order valence-electron chi connectivity index (χ1n) is 4.55. The monoisotopic (exact) mass is 206 g/mol. The fourth-order valence-corrected chi connectivity index (χ4v) is 1.38. The second kappa shape index (κ2) is 4.18. The molecular weight excluding hydrogens is 192 g/mol. The van der Waals surface area contributed by atoms with Gasteiger partial charge in [0.1, 0.15) is 5.75 Å². The number of pyridine rings is 1. The number of nitriles is 1. The molecule has 1 heterocycles. The molecule has 0 atom stereocenters. The van der Waals surface area contributed by atoms with E-state index in [1.807, 2.05) is 0 Å². The number of ether oxygens (including phenoxy) is 2. The predicted octanol–water partition coefficient (Wildman–Crippen LogP) is 1.90. The maximum atomic E-state index is 9.10. The molecule has 0 saturated heterocycles. The first-order valence-corrected chi connectivity index (χ1v) is 4.55. The summed E-state index contributed by atoms with van der Waals surface area (Å²) in [6, 6.07) is 3.93. The molecule has 80 valence electrons. The smallest absolute Gasteiger partial charge is 0.221 e. The van der Waals surface area contributed by atoms with E-state index in [1.165, 1.54) is 7.11 Å². The van der Waals surface area contributed by atoms with E-state index < -0.39 is 5.41 Å². The second-order valence-electron chi connectivity index (χ2n) is 3.63. The highest BCUT2D eigenvalue weighted by Gasteiger charge is 2.29. The van der Waals surface area contributed by atoms with Gasteiger partial charge < -0.3 is 9.47 Å². The second-order valence-corrected chi connectivity index (χ2v) is 3.63. The average Bonchev–Trinajstić information content (AvgIpc) is 2.27. The van der Waals surface area contributed by atoms with Crippen molar-refractivity contribution in [2.24, 2.45) is 0 Å². The Morgan fingerprint density at radius 2 is 2.00 bits per heavy atom. The van der Waals surface area contributed by atoms with Crippen molar-refractivity contribution in [1.82, 2.24) is 4.98 Å². The zero-order valence-corrected chi connectivity index (χ0v) is 9.37. The van der Waals surface area contributed by atoms with E-state index in [1.54, 1.807) is 33.2 Å². The summed E-state index contributed by atoms with van der Waals surface area (Å²) in [6.07, 6.45) is 1.59. The number of rotatable bonds is 3. The van der Waals surface area contributed by atoms with Crippen LogP contribution in [0.25, 0.3) is 0 Å². The van der Waals surface area contributed by atoms with Crippen LogP contribution in [-0.4, -0.2) is 19.2 Å². The summed E-state index contributed by atoms with van der Waals surface area (Å²) in [7, 11) is 3.09. The summed E-state index contributed by atoms with van der Waals surface area (Å²) in [5, 5.41) is 9.10. The van der Waals surface area contributed by atoms with Crippen LogP contribution in [0.3, 0.4) is 0 Å². The molecule has 0 unspecified atom stereocenters. The third kappa shape index (κ3) is 2.01. The Bertz CT molecular complexity index is 372. The molecule has 15 heavy (non-hydrogen) atoms. The normalized spacial score (nSPS) is 10.6. The molecular formula is C11H14N2O2. The molecule has 0 spiro atoms. The van der Waals surface area contributed by atoms with Crippen molar-refractivity contribution >= 4 is 0 Å². The van der Waals surface area contributed by atoms with Gasteiger partial charge in [0.25, 0.3) is 0 Å². The topological polar surface area (TPSA) is 55.1 Å². The largest absolute Gasteiger partial charge is 0.496 e. The van der Waals surface area contributed by atoms with E-state index in [2.05, 4.69) is 11.1 Å². The van der Waals surface area contributed by atoms with Crippen LogP contribution in [0.2, 0.25) is 0 Å². The molecule has 0 aliphatic heterocycles. The minimum Gasteiger partial charge on any atom is -0.496 e. The molecule has 0 radical (unpaired) electrons. The third-order valence-corrected chi connectivity index (χ3v) is 2.20. The average molecular weight is 206 g/mol. The van der Waals surface area contributed by atoms with Gasteiger partial charge in [0.05, 0.1) is 31.3 Å². The van der Waals surface area contributed by atoms with Crippen LogP contribution in [0, 0.1) is 11.3 Å². The van der Waals surface area contributed by atoms with E-state index in [9.17, 15) is 0 Å². The Balaban J connectivity index is 3.43. The Hall–Kier alpha value is -1.76. The van der Waals surface area contributed by atoms with E-state index in [0.717, 1.165) is 0 Å². The fourth-order valence-electron chi connectivity index (χ4n) is 1.38. The van der Waals surface area contributed by atoms with Crippen molar-refractivity contribution < 1.29 is 9.47 Å². The van der Waals surface area contributed by atoms with Gasteiger partial charge >= 0.3 is 0 Å². The Morgan fingerprint density at radius 3 is 2.47 bits per heavy atom. The highest BCUT2D eigenvalue weighted by atomic mass is 16.5. The molecule has 0 aliphatic rings.